The van der Waals surface area contributed by atoms with E-state index in [0.717, 1.165) is 22.3 Å². The molecule has 1 aromatic carbocycles. The van der Waals surface area contributed by atoms with Crippen LogP contribution in [0, 0.1) is 0 Å². The number of nitrogens with zero attached hydrogens (tertiary/aromatic N) is 1. The first kappa shape index (κ1) is 12.5. The Bertz CT molecular complexity index is 500. The number of aliphatic hydroxyl groups is 1. The molecular formula is C13H14BrNO2S. The molecule has 1 aromatic rings. The quantitative estimate of drug-likeness (QED) is 0.859. The van der Waals surface area contributed by atoms with Gasteiger partial charge in [-0.15, -0.1) is 0 Å². The Hall–Kier alpha value is -0.520. The summed E-state index contributed by atoms with van der Waals surface area (Å²) in [5.74, 6) is 1.25. The van der Waals surface area contributed by atoms with Crippen LogP contribution >= 0.6 is 27.7 Å². The zero-order valence-corrected chi connectivity index (χ0v) is 12.3. The summed E-state index contributed by atoms with van der Waals surface area (Å²) in [4.78, 5) is 14.2. The lowest BCUT2D eigenvalue weighted by Crippen LogP contribution is -2.48. The van der Waals surface area contributed by atoms with Crippen LogP contribution in [0.15, 0.2) is 22.7 Å². The number of rotatable bonds is 1. The zero-order valence-electron chi connectivity index (χ0n) is 9.86. The Morgan fingerprint density at radius 2 is 2.33 bits per heavy atom. The maximum absolute atomic E-state index is 12.5. The molecule has 96 valence electrons. The molecule has 2 aliphatic rings. The van der Waals surface area contributed by atoms with E-state index in [4.69, 9.17) is 0 Å². The zero-order chi connectivity index (χ0) is 12.8. The molecule has 0 saturated carbocycles. The van der Waals surface area contributed by atoms with Gasteiger partial charge in [0.2, 0.25) is 0 Å². The van der Waals surface area contributed by atoms with Gasteiger partial charge in [0.05, 0.1) is 0 Å². The van der Waals surface area contributed by atoms with Crippen molar-refractivity contribution in [2.24, 2.45) is 0 Å². The minimum absolute atomic E-state index is 0.135. The summed E-state index contributed by atoms with van der Waals surface area (Å²) in [7, 11) is 0. The molecule has 18 heavy (non-hydrogen) atoms. The van der Waals surface area contributed by atoms with Crippen molar-refractivity contribution in [3.05, 3.63) is 28.2 Å². The lowest BCUT2D eigenvalue weighted by atomic mass is 10.0. The lowest BCUT2D eigenvalue weighted by molar-refractivity contribution is -0.134. The fourth-order valence-corrected chi connectivity index (χ4v) is 4.12. The van der Waals surface area contributed by atoms with E-state index >= 15 is 0 Å². The minimum Gasteiger partial charge on any atom is -0.379 e. The summed E-state index contributed by atoms with van der Waals surface area (Å²) in [6.45, 7) is 0.678. The maximum atomic E-state index is 12.5. The van der Waals surface area contributed by atoms with E-state index in [2.05, 4.69) is 15.9 Å². The van der Waals surface area contributed by atoms with E-state index in [1.54, 1.807) is 16.7 Å². The minimum atomic E-state index is -1.16. The van der Waals surface area contributed by atoms with Gasteiger partial charge in [0, 0.05) is 22.5 Å². The molecule has 0 aliphatic carbocycles. The van der Waals surface area contributed by atoms with Crippen LogP contribution in [0.5, 0.6) is 0 Å². The summed E-state index contributed by atoms with van der Waals surface area (Å²) < 4.78 is 0.966. The number of hydrogen-bond donors (Lipinski definition) is 1. The van der Waals surface area contributed by atoms with Crippen LogP contribution in [0.2, 0.25) is 0 Å². The normalized spacial score (nSPS) is 26.4. The van der Waals surface area contributed by atoms with Gasteiger partial charge >= 0.3 is 0 Å². The van der Waals surface area contributed by atoms with Crippen LogP contribution in [0.1, 0.15) is 12.0 Å². The molecule has 0 radical (unpaired) electrons. The first-order chi connectivity index (χ1) is 8.60. The van der Waals surface area contributed by atoms with Crippen molar-refractivity contribution in [3.8, 4) is 0 Å². The molecule has 3 rings (SSSR count). The third-order valence-electron chi connectivity index (χ3n) is 3.59. The van der Waals surface area contributed by atoms with Crippen molar-refractivity contribution in [1.29, 1.82) is 0 Å². The SMILES string of the molecule is O=C(N1CCc2ccc(Br)cc21)C1(O)CCSC1. The highest BCUT2D eigenvalue weighted by molar-refractivity contribution is 9.10. The Balaban J connectivity index is 1.92. The Morgan fingerprint density at radius 1 is 1.50 bits per heavy atom. The van der Waals surface area contributed by atoms with E-state index < -0.39 is 5.60 Å². The van der Waals surface area contributed by atoms with Gasteiger partial charge < -0.3 is 10.0 Å². The third-order valence-corrected chi connectivity index (χ3v) is 5.25. The number of carbonyl (C=O) groups excluding carboxylic acids is 1. The summed E-state index contributed by atoms with van der Waals surface area (Å²) in [5.41, 5.74) is 0.967. The van der Waals surface area contributed by atoms with Gasteiger partial charge in [-0.05, 0) is 36.3 Å². The second-order valence-electron chi connectivity index (χ2n) is 4.81. The fourth-order valence-electron chi connectivity index (χ4n) is 2.54. The molecule has 1 amide bonds. The summed E-state index contributed by atoms with van der Waals surface area (Å²) in [5, 5.41) is 10.4. The van der Waals surface area contributed by atoms with Crippen molar-refractivity contribution in [3.63, 3.8) is 0 Å². The molecule has 3 nitrogen and oxygen atoms in total. The van der Waals surface area contributed by atoms with Gasteiger partial charge in [-0.3, -0.25) is 4.79 Å². The van der Waals surface area contributed by atoms with Crippen molar-refractivity contribution in [2.45, 2.75) is 18.4 Å². The number of halogens is 1. The number of benzene rings is 1. The highest BCUT2D eigenvalue weighted by Gasteiger charge is 2.43. The number of carbonyl (C=O) groups is 1. The number of hydrogen-bond acceptors (Lipinski definition) is 3. The van der Waals surface area contributed by atoms with Crippen LogP contribution in [0.4, 0.5) is 5.69 Å². The molecule has 0 spiro atoms. The second-order valence-corrected chi connectivity index (χ2v) is 6.83. The molecule has 1 saturated heterocycles. The molecule has 1 N–H and O–H groups in total. The van der Waals surface area contributed by atoms with E-state index in [9.17, 15) is 9.90 Å². The van der Waals surface area contributed by atoms with Crippen molar-refractivity contribution in [1.82, 2.24) is 0 Å². The Morgan fingerprint density at radius 3 is 3.06 bits per heavy atom. The molecule has 1 atom stereocenters. The summed E-state index contributed by atoms with van der Waals surface area (Å²) in [6.07, 6.45) is 1.44. The molecule has 0 aromatic heterocycles. The average Bonchev–Trinajstić information content (AvgIpc) is 2.95. The third kappa shape index (κ3) is 1.98. The number of anilines is 1. The highest BCUT2D eigenvalue weighted by atomic mass is 79.9. The Labute approximate surface area is 119 Å². The number of fused-ring (bicyclic) bond motifs is 1. The number of amides is 1. The van der Waals surface area contributed by atoms with Crippen LogP contribution < -0.4 is 4.90 Å². The molecule has 1 fully saturated rings. The molecule has 2 aliphatic heterocycles. The number of thioether (sulfide) groups is 1. The highest BCUT2D eigenvalue weighted by Crippen LogP contribution is 2.36. The van der Waals surface area contributed by atoms with E-state index in [1.807, 2.05) is 18.2 Å². The van der Waals surface area contributed by atoms with Crippen LogP contribution in [0.25, 0.3) is 0 Å². The summed E-state index contributed by atoms with van der Waals surface area (Å²) in [6, 6.07) is 6.00. The lowest BCUT2D eigenvalue weighted by Gasteiger charge is -2.27. The van der Waals surface area contributed by atoms with Crippen LogP contribution in [-0.4, -0.2) is 34.7 Å². The fraction of sp³-hybridized carbons (Fsp3) is 0.462. The standard InChI is InChI=1S/C13H14BrNO2S/c14-10-2-1-9-3-5-15(11(9)7-10)12(16)13(17)4-6-18-8-13/h1-2,7,17H,3-6,8H2. The van der Waals surface area contributed by atoms with Crippen molar-refractivity contribution < 1.29 is 9.90 Å². The van der Waals surface area contributed by atoms with E-state index in [-0.39, 0.29) is 5.91 Å². The predicted molar refractivity (Wildman–Crippen MR) is 77.1 cm³/mol. The van der Waals surface area contributed by atoms with Crippen molar-refractivity contribution >= 4 is 39.3 Å². The average molecular weight is 328 g/mol. The first-order valence-corrected chi connectivity index (χ1v) is 7.95. The summed E-state index contributed by atoms with van der Waals surface area (Å²) >= 11 is 5.08. The molecule has 0 bridgehead atoms. The molecule has 1 unspecified atom stereocenters. The first-order valence-electron chi connectivity index (χ1n) is 6.01. The Kier molecular flexibility index (Phi) is 3.16. The smallest absolute Gasteiger partial charge is 0.259 e. The monoisotopic (exact) mass is 327 g/mol. The van der Waals surface area contributed by atoms with Crippen LogP contribution in [0.3, 0.4) is 0 Å². The van der Waals surface area contributed by atoms with Gasteiger partial charge in [-0.1, -0.05) is 22.0 Å². The van der Waals surface area contributed by atoms with Crippen LogP contribution in [-0.2, 0) is 11.2 Å². The molecular weight excluding hydrogens is 314 g/mol. The van der Waals surface area contributed by atoms with Gasteiger partial charge in [0.15, 0.2) is 5.60 Å². The molecule has 5 heteroatoms. The topological polar surface area (TPSA) is 40.5 Å². The van der Waals surface area contributed by atoms with Gasteiger partial charge in [-0.25, -0.2) is 0 Å². The van der Waals surface area contributed by atoms with Crippen molar-refractivity contribution in [2.75, 3.05) is 23.0 Å². The van der Waals surface area contributed by atoms with E-state index in [0.29, 0.717) is 18.7 Å². The van der Waals surface area contributed by atoms with Gasteiger partial charge in [0.1, 0.15) is 0 Å². The predicted octanol–water partition coefficient (Wildman–Crippen LogP) is 2.21. The van der Waals surface area contributed by atoms with Gasteiger partial charge in [-0.2, -0.15) is 11.8 Å². The molecule has 2 heterocycles. The van der Waals surface area contributed by atoms with E-state index in [1.165, 1.54) is 5.56 Å². The maximum Gasteiger partial charge on any atom is 0.259 e. The second kappa shape index (κ2) is 4.54. The largest absolute Gasteiger partial charge is 0.379 e. The van der Waals surface area contributed by atoms with Gasteiger partial charge in [0.25, 0.3) is 5.91 Å².